The Labute approximate surface area is 271 Å². The van der Waals surface area contributed by atoms with E-state index in [1.165, 1.54) is 0 Å². The summed E-state index contributed by atoms with van der Waals surface area (Å²) in [7, 11) is 1.09. The molecule has 12 heteroatoms. The molecule has 1 saturated heterocycles. The molecular weight excluding hydrogens is 1160 g/mol. The van der Waals surface area contributed by atoms with Gasteiger partial charge in [-0.3, -0.25) is 0 Å². The summed E-state index contributed by atoms with van der Waals surface area (Å²) in [5.41, 5.74) is 0. The Hall–Kier alpha value is 5.33. The smallest absolute Gasteiger partial charge is 0.354 e. The molecule has 0 spiro atoms. The van der Waals surface area contributed by atoms with Crippen molar-refractivity contribution in [3.8, 4) is 0 Å². The van der Waals surface area contributed by atoms with Crippen LogP contribution in [0.15, 0.2) is 0 Å². The van der Waals surface area contributed by atoms with Gasteiger partial charge in [-0.25, -0.2) is 4.79 Å². The van der Waals surface area contributed by atoms with Gasteiger partial charge in [0.15, 0.2) is 0 Å². The molecule has 0 aromatic rings. The molecule has 1 heterocycles. The Balaban J connectivity index is -0.000000361. The van der Waals surface area contributed by atoms with E-state index in [0.717, 1.165) is 7.11 Å². The molecule has 1 fully saturated rings. The van der Waals surface area contributed by atoms with Crippen LogP contribution in [-0.2, 0) is 14.3 Å². The van der Waals surface area contributed by atoms with Crippen molar-refractivity contribution in [1.82, 2.24) is 0 Å². The minimum absolute atomic E-state index is 0. The molecule has 4 radical (unpaired) electrons. The first kappa shape index (κ1) is 33.9. The maximum Gasteiger partial charge on any atom is 0.354 e. The number of methoxy groups -OCH3 is 1. The Morgan fingerprint density at radius 2 is 1.86 bits per heavy atom. The van der Waals surface area contributed by atoms with E-state index in [-0.39, 0.29) is 183 Å². The summed E-state index contributed by atoms with van der Waals surface area (Å²) in [6.45, 7) is -0.706. The summed E-state index contributed by atoms with van der Waals surface area (Å²) in [4.78, 5) is 11.4. The molecule has 0 aromatic carbocycles. The molecule has 7 nitrogen and oxygen atoms in total. The van der Waals surface area contributed by atoms with Gasteiger partial charge in [0.25, 0.3) is 0 Å². The number of carbonyl (C=O) groups is 1. The normalized spacial score (nSPS) is 32.2. The fraction of sp³-hybridized carbons (Fsp3) is 0.889. The van der Waals surface area contributed by atoms with Gasteiger partial charge in [-0.05, 0) is 0 Å². The summed E-state index contributed by atoms with van der Waals surface area (Å²) >= 11 is 5.82. The minimum Gasteiger partial charge on any atom is -0.466 e. The predicted octanol–water partition coefficient (Wildman–Crippen LogP) is -2.04. The van der Waals surface area contributed by atoms with Crippen LogP contribution in [0, 0.1) is 176 Å². The monoisotopic (exact) mass is 1180 g/mol. The van der Waals surface area contributed by atoms with E-state index in [0.29, 0.717) is 0 Å². The molecule has 1 rings (SSSR count). The van der Waals surface area contributed by atoms with Crippen molar-refractivity contribution < 1.29 is 211 Å². The topological polar surface area (TPSA) is 116 Å². The number of aliphatic hydroxyl groups excluding tert-OH is 4. The van der Waals surface area contributed by atoms with Crippen LogP contribution in [0.2, 0.25) is 0 Å². The average molecular weight is 1180 g/mol. The summed E-state index contributed by atoms with van der Waals surface area (Å²) in [5.74, 6) is -0.944. The Morgan fingerprint density at radius 3 is 2.24 bits per heavy atom. The van der Waals surface area contributed by atoms with Gasteiger partial charge in [-0.15, -0.1) is 0 Å². The van der Waals surface area contributed by atoms with Gasteiger partial charge >= 0.3 is 5.97 Å². The molecule has 1 aliphatic rings. The Morgan fingerprint density at radius 1 is 1.38 bits per heavy atom. The van der Waals surface area contributed by atoms with E-state index >= 15 is 0 Å². The van der Waals surface area contributed by atoms with Gasteiger partial charge in [-0.1, -0.05) is 11.6 Å². The van der Waals surface area contributed by atoms with Gasteiger partial charge in [0.1, 0.15) is 18.3 Å². The fourth-order valence-electron chi connectivity index (χ4n) is 1.64. The number of hydrogen-bond donors (Lipinski definition) is 4. The third-order valence-corrected chi connectivity index (χ3v) is 2.98. The van der Waals surface area contributed by atoms with Crippen LogP contribution in [0.5, 0.6) is 0 Å². The van der Waals surface area contributed by atoms with Gasteiger partial charge in [0.2, 0.25) is 5.06 Å². The third kappa shape index (κ3) is 9.89. The number of halogens is 1. The van der Waals surface area contributed by atoms with Crippen LogP contribution in [0.1, 0.15) is 6.42 Å². The number of aliphatic hydroxyl groups is 4. The van der Waals surface area contributed by atoms with Crippen LogP contribution < -0.4 is 0 Å². The van der Waals surface area contributed by atoms with Gasteiger partial charge < -0.3 is 29.9 Å². The van der Waals surface area contributed by atoms with E-state index in [1.807, 2.05) is 0 Å². The van der Waals surface area contributed by atoms with E-state index in [9.17, 15) is 20.1 Å². The van der Waals surface area contributed by atoms with Crippen LogP contribution >= 0.6 is 11.6 Å². The van der Waals surface area contributed by atoms with Crippen molar-refractivity contribution in [2.45, 2.75) is 35.9 Å². The summed E-state index contributed by atoms with van der Waals surface area (Å²) in [5, 5.41) is 35.3. The second-order valence-electron chi connectivity index (χ2n) is 3.81. The van der Waals surface area contributed by atoms with E-state index in [4.69, 9.17) is 21.4 Å². The summed E-state index contributed by atoms with van der Waals surface area (Å²) < 4.78 is 9.44. The molecule has 0 aromatic heterocycles. The summed E-state index contributed by atoms with van der Waals surface area (Å²) in [6.07, 6.45) is -6.04. The second kappa shape index (κ2) is 16.3. The molecule has 0 bridgehead atoms. The molecular formula is C9H15Ac4ClO7. The quantitative estimate of drug-likeness (QED) is 0.191. The van der Waals surface area contributed by atoms with Crippen molar-refractivity contribution in [3.05, 3.63) is 0 Å². The maximum atomic E-state index is 11.4. The van der Waals surface area contributed by atoms with Crippen molar-refractivity contribution in [2.24, 2.45) is 0 Å². The average Bonchev–Trinajstić information content (AvgIpc) is 2.31. The number of alkyl halides is 1. The molecule has 112 valence electrons. The molecule has 1 aliphatic heterocycles. The molecule has 0 saturated carbocycles. The fourth-order valence-corrected chi connectivity index (χ4v) is 1.97. The summed E-state index contributed by atoms with van der Waals surface area (Å²) in [6, 6.07) is 0. The first-order valence-electron chi connectivity index (χ1n) is 4.96. The van der Waals surface area contributed by atoms with E-state index in [1.54, 1.807) is 0 Å². The minimum atomic E-state index is -1.98. The second-order valence-corrected chi connectivity index (χ2v) is 4.43. The molecule has 5 atom stereocenters. The molecule has 2 unspecified atom stereocenters. The molecule has 0 aliphatic carbocycles. The zero-order valence-corrected chi connectivity index (χ0v) is 31.2. The van der Waals surface area contributed by atoms with Crippen LogP contribution in [-0.4, -0.2) is 69.6 Å². The Bertz CT molecular complexity index is 301. The van der Waals surface area contributed by atoms with Gasteiger partial charge in [0, 0.05) is 183 Å². The number of hydrogen-bond acceptors (Lipinski definition) is 7. The molecule has 21 heavy (non-hydrogen) atoms. The van der Waals surface area contributed by atoms with Crippen molar-refractivity contribution >= 4 is 17.6 Å². The van der Waals surface area contributed by atoms with Gasteiger partial charge in [0.05, 0.1) is 19.8 Å². The third-order valence-electron chi connectivity index (χ3n) is 2.58. The predicted molar refractivity (Wildman–Crippen MR) is 55.2 cm³/mol. The zero-order chi connectivity index (χ0) is 13.2. The largest absolute Gasteiger partial charge is 0.466 e. The van der Waals surface area contributed by atoms with Crippen LogP contribution in [0.25, 0.3) is 0 Å². The van der Waals surface area contributed by atoms with Crippen LogP contribution in [0.3, 0.4) is 0 Å². The first-order valence-corrected chi connectivity index (χ1v) is 5.33. The number of ether oxygens (including phenoxy) is 2. The maximum absolute atomic E-state index is 11.4. The van der Waals surface area contributed by atoms with Crippen LogP contribution in [0.4, 0.5) is 0 Å². The Kier molecular flexibility index (Phi) is 26.3. The van der Waals surface area contributed by atoms with E-state index < -0.39 is 42.1 Å². The van der Waals surface area contributed by atoms with Crippen molar-refractivity contribution in [3.63, 3.8) is 0 Å². The first-order chi connectivity index (χ1) is 7.85. The van der Waals surface area contributed by atoms with E-state index in [2.05, 4.69) is 4.74 Å². The van der Waals surface area contributed by atoms with Crippen molar-refractivity contribution in [1.29, 1.82) is 0 Å². The standard InChI is InChI=1S/C9H15ClO7.4Ac/c1-16-8(15)9(10)2-4(12)6(14)7(17-9)5(13)3-11;;;;/h4-7,11-14H,2-3H2,1H3;;;;/t4-,5+,6-,7?,9?;;;;/m1..../s1. The number of esters is 1. The number of rotatable bonds is 3. The van der Waals surface area contributed by atoms with Gasteiger partial charge in [-0.2, -0.15) is 0 Å². The molecule has 4 N–H and O–H groups in total. The SMILES string of the molecule is COC(=O)C1(Cl)C[C@@H](O)[C@@H](O)C([C@@H](O)CO)O1.[Ac].[Ac].[Ac].[Ac]. The zero-order valence-electron chi connectivity index (χ0n) is 11.4. The molecule has 0 amide bonds. The number of carbonyl (C=O) groups excluding carboxylic acids is 1. The van der Waals surface area contributed by atoms with Crippen molar-refractivity contribution in [2.75, 3.05) is 13.7 Å².